The fourth-order valence-electron chi connectivity index (χ4n) is 2.02. The van der Waals surface area contributed by atoms with Crippen LogP contribution < -0.4 is 11.1 Å². The molecule has 4 nitrogen and oxygen atoms in total. The summed E-state index contributed by atoms with van der Waals surface area (Å²) in [6.07, 6.45) is 3.02. The Labute approximate surface area is 85.8 Å². The first kappa shape index (κ1) is 11.5. The van der Waals surface area contributed by atoms with Crippen molar-refractivity contribution < 1.29 is 4.79 Å². The van der Waals surface area contributed by atoms with Gasteiger partial charge in [0.1, 0.15) is 0 Å². The molecule has 0 saturated carbocycles. The summed E-state index contributed by atoms with van der Waals surface area (Å²) >= 11 is 0. The van der Waals surface area contributed by atoms with Crippen LogP contribution in [0.2, 0.25) is 0 Å². The number of carbonyl (C=O) groups is 1. The normalized spacial score (nSPS) is 22.8. The van der Waals surface area contributed by atoms with Gasteiger partial charge in [0.25, 0.3) is 0 Å². The third-order valence-electron chi connectivity index (χ3n) is 2.83. The predicted octanol–water partition coefficient (Wildman–Crippen LogP) is -0.0643. The van der Waals surface area contributed by atoms with Gasteiger partial charge in [-0.15, -0.1) is 0 Å². The highest BCUT2D eigenvalue weighted by atomic mass is 16.1. The smallest absolute Gasteiger partial charge is 0.218 e. The van der Waals surface area contributed by atoms with Crippen LogP contribution in [0, 0.1) is 0 Å². The van der Waals surface area contributed by atoms with Gasteiger partial charge < -0.3 is 11.1 Å². The van der Waals surface area contributed by atoms with Gasteiger partial charge in [0.15, 0.2) is 0 Å². The molecular formula is C10H21N3O. The van der Waals surface area contributed by atoms with Crippen molar-refractivity contribution in [3.05, 3.63) is 0 Å². The van der Waals surface area contributed by atoms with Crippen LogP contribution in [-0.2, 0) is 4.79 Å². The van der Waals surface area contributed by atoms with Crippen molar-refractivity contribution in [3.63, 3.8) is 0 Å². The Kier molecular flexibility index (Phi) is 4.90. The molecule has 14 heavy (non-hydrogen) atoms. The molecule has 1 fully saturated rings. The van der Waals surface area contributed by atoms with Crippen molar-refractivity contribution in [1.29, 1.82) is 0 Å². The molecule has 0 spiro atoms. The number of nitrogens with zero attached hydrogens (tertiary/aromatic N) is 1. The zero-order valence-corrected chi connectivity index (χ0v) is 8.96. The van der Waals surface area contributed by atoms with Crippen molar-refractivity contribution in [2.75, 3.05) is 26.2 Å². The van der Waals surface area contributed by atoms with Gasteiger partial charge in [-0.2, -0.15) is 0 Å². The number of nitrogens with two attached hydrogens (primary N) is 1. The molecule has 1 rings (SSSR count). The predicted molar refractivity (Wildman–Crippen MR) is 57.0 cm³/mol. The topological polar surface area (TPSA) is 58.4 Å². The molecule has 1 aliphatic rings. The van der Waals surface area contributed by atoms with Crippen LogP contribution >= 0.6 is 0 Å². The molecule has 3 N–H and O–H groups in total. The van der Waals surface area contributed by atoms with Gasteiger partial charge in [-0.25, -0.2) is 0 Å². The van der Waals surface area contributed by atoms with Crippen molar-refractivity contribution in [2.24, 2.45) is 5.73 Å². The highest BCUT2D eigenvalue weighted by Gasteiger charge is 2.21. The van der Waals surface area contributed by atoms with Gasteiger partial charge in [0, 0.05) is 25.6 Å². The van der Waals surface area contributed by atoms with E-state index in [0.29, 0.717) is 19.0 Å². The Bertz CT molecular complexity index is 184. The molecule has 82 valence electrons. The van der Waals surface area contributed by atoms with E-state index >= 15 is 0 Å². The maximum atomic E-state index is 10.5. The number of likely N-dealkylation sites (N-methyl/N-ethyl adjacent to an activating group) is 1. The van der Waals surface area contributed by atoms with Crippen LogP contribution in [0.3, 0.4) is 0 Å². The Morgan fingerprint density at radius 1 is 1.64 bits per heavy atom. The molecule has 1 heterocycles. The maximum absolute atomic E-state index is 10.5. The van der Waals surface area contributed by atoms with Crippen LogP contribution in [0.1, 0.15) is 26.2 Å². The maximum Gasteiger partial charge on any atom is 0.218 e. The molecule has 0 aromatic rings. The minimum atomic E-state index is -0.226. The highest BCUT2D eigenvalue weighted by Crippen LogP contribution is 2.15. The molecule has 4 heteroatoms. The van der Waals surface area contributed by atoms with E-state index in [-0.39, 0.29) is 5.91 Å². The van der Waals surface area contributed by atoms with Crippen molar-refractivity contribution in [1.82, 2.24) is 10.2 Å². The van der Waals surface area contributed by atoms with Gasteiger partial charge in [-0.1, -0.05) is 6.92 Å². The van der Waals surface area contributed by atoms with Gasteiger partial charge in [-0.3, -0.25) is 9.69 Å². The molecule has 0 radical (unpaired) electrons. The van der Waals surface area contributed by atoms with E-state index < -0.39 is 0 Å². The average Bonchev–Trinajstić information content (AvgIpc) is 2.59. The summed E-state index contributed by atoms with van der Waals surface area (Å²) in [5, 5.41) is 3.28. The molecule has 1 atom stereocenters. The van der Waals surface area contributed by atoms with Crippen LogP contribution in [0.4, 0.5) is 0 Å². The number of rotatable bonds is 6. The second-order valence-corrected chi connectivity index (χ2v) is 3.85. The molecule has 1 saturated heterocycles. The lowest BCUT2D eigenvalue weighted by atomic mass is 10.2. The number of hydrogen-bond donors (Lipinski definition) is 2. The second-order valence-electron chi connectivity index (χ2n) is 3.85. The molecule has 0 aromatic carbocycles. The Hall–Kier alpha value is -0.610. The number of primary amides is 1. The molecule has 1 amide bonds. The summed E-state index contributed by atoms with van der Waals surface area (Å²) in [4.78, 5) is 13.0. The number of likely N-dealkylation sites (tertiary alicyclic amines) is 1. The molecule has 0 aromatic heterocycles. The number of nitrogens with one attached hydrogen (secondary N) is 1. The summed E-state index contributed by atoms with van der Waals surface area (Å²) in [6.45, 7) is 6.24. The molecule has 0 bridgehead atoms. The Morgan fingerprint density at radius 2 is 2.43 bits per heavy atom. The quantitative estimate of drug-likeness (QED) is 0.589. The minimum absolute atomic E-state index is 0.226. The lowest BCUT2D eigenvalue weighted by Crippen LogP contribution is -2.38. The molecular weight excluding hydrogens is 178 g/mol. The lowest BCUT2D eigenvalue weighted by molar-refractivity contribution is -0.117. The number of amides is 1. The van der Waals surface area contributed by atoms with Gasteiger partial charge in [0.2, 0.25) is 5.91 Å². The standard InChI is InChI=1S/C10H21N3O/c1-2-13-7-3-4-9(13)8-12-6-5-10(11)14/h9,12H,2-8H2,1H3,(H2,11,14). The van der Waals surface area contributed by atoms with Gasteiger partial charge in [0.05, 0.1) is 0 Å². The Balaban J connectivity index is 2.08. The van der Waals surface area contributed by atoms with Crippen LogP contribution in [-0.4, -0.2) is 43.0 Å². The summed E-state index contributed by atoms with van der Waals surface area (Å²) in [7, 11) is 0. The van der Waals surface area contributed by atoms with E-state index in [1.807, 2.05) is 0 Å². The second kappa shape index (κ2) is 5.98. The first-order valence-corrected chi connectivity index (χ1v) is 5.47. The summed E-state index contributed by atoms with van der Waals surface area (Å²) in [5.41, 5.74) is 5.05. The van der Waals surface area contributed by atoms with E-state index in [4.69, 9.17) is 5.73 Å². The fourth-order valence-corrected chi connectivity index (χ4v) is 2.02. The summed E-state index contributed by atoms with van der Waals surface area (Å²) in [5.74, 6) is -0.226. The molecule has 1 aliphatic heterocycles. The lowest BCUT2D eigenvalue weighted by Gasteiger charge is -2.22. The Morgan fingerprint density at radius 3 is 3.07 bits per heavy atom. The average molecular weight is 199 g/mol. The van der Waals surface area contributed by atoms with Crippen LogP contribution in [0.5, 0.6) is 0 Å². The van der Waals surface area contributed by atoms with Crippen molar-refractivity contribution in [2.45, 2.75) is 32.2 Å². The van der Waals surface area contributed by atoms with Crippen molar-refractivity contribution >= 4 is 5.91 Å². The van der Waals surface area contributed by atoms with Crippen LogP contribution in [0.25, 0.3) is 0 Å². The van der Waals surface area contributed by atoms with Gasteiger partial charge >= 0.3 is 0 Å². The van der Waals surface area contributed by atoms with E-state index in [9.17, 15) is 4.79 Å². The fraction of sp³-hybridized carbons (Fsp3) is 0.900. The highest BCUT2D eigenvalue weighted by molar-refractivity contribution is 5.73. The third-order valence-corrected chi connectivity index (χ3v) is 2.83. The van der Waals surface area contributed by atoms with E-state index in [2.05, 4.69) is 17.1 Å². The monoisotopic (exact) mass is 199 g/mol. The number of hydrogen-bond acceptors (Lipinski definition) is 3. The largest absolute Gasteiger partial charge is 0.370 e. The first-order valence-electron chi connectivity index (χ1n) is 5.47. The summed E-state index contributed by atoms with van der Waals surface area (Å²) < 4.78 is 0. The third kappa shape index (κ3) is 3.64. The number of carbonyl (C=O) groups excluding carboxylic acids is 1. The minimum Gasteiger partial charge on any atom is -0.370 e. The first-order chi connectivity index (χ1) is 6.74. The van der Waals surface area contributed by atoms with Crippen LogP contribution in [0.15, 0.2) is 0 Å². The SMILES string of the molecule is CCN1CCCC1CNCCC(N)=O. The molecule has 0 aliphatic carbocycles. The van der Waals surface area contributed by atoms with Crippen molar-refractivity contribution in [3.8, 4) is 0 Å². The zero-order chi connectivity index (χ0) is 10.4. The van der Waals surface area contributed by atoms with E-state index in [0.717, 1.165) is 13.1 Å². The zero-order valence-electron chi connectivity index (χ0n) is 8.96. The summed E-state index contributed by atoms with van der Waals surface area (Å²) in [6, 6.07) is 0.660. The van der Waals surface area contributed by atoms with Gasteiger partial charge in [-0.05, 0) is 25.9 Å². The van der Waals surface area contributed by atoms with E-state index in [1.54, 1.807) is 0 Å². The molecule has 1 unspecified atom stereocenters. The van der Waals surface area contributed by atoms with E-state index in [1.165, 1.54) is 19.4 Å².